The molecule has 0 atom stereocenters. The summed E-state index contributed by atoms with van der Waals surface area (Å²) in [7, 11) is 0. The minimum Gasteiger partial charge on any atom is -0.319 e. The third-order valence-electron chi connectivity index (χ3n) is 2.18. The highest BCUT2D eigenvalue weighted by Crippen LogP contribution is 2.05. The Morgan fingerprint density at radius 2 is 2.12 bits per heavy atom. The minimum atomic E-state index is 0.169. The first-order valence-corrected chi connectivity index (χ1v) is 4.68. The Morgan fingerprint density at radius 3 is 2.75 bits per heavy atom. The van der Waals surface area contributed by atoms with E-state index in [-0.39, 0.29) is 5.69 Å². The van der Waals surface area contributed by atoms with Gasteiger partial charge in [-0.25, -0.2) is 4.98 Å². The Hall–Kier alpha value is -2.60. The summed E-state index contributed by atoms with van der Waals surface area (Å²) in [6.07, 6.45) is 5.04. The van der Waals surface area contributed by atoms with Crippen LogP contribution in [0.5, 0.6) is 0 Å². The highest BCUT2D eigenvalue weighted by atomic mass is 15.3. The highest BCUT2D eigenvalue weighted by molar-refractivity contribution is 5.35. The Balaban J connectivity index is 2.14. The van der Waals surface area contributed by atoms with Crippen molar-refractivity contribution in [2.75, 3.05) is 0 Å². The fourth-order valence-electron chi connectivity index (χ4n) is 1.39. The van der Waals surface area contributed by atoms with E-state index in [1.807, 2.05) is 24.4 Å². The van der Waals surface area contributed by atoms with Gasteiger partial charge < -0.3 is 4.57 Å². The van der Waals surface area contributed by atoms with Crippen molar-refractivity contribution in [3.63, 3.8) is 0 Å². The third kappa shape index (κ3) is 1.77. The summed E-state index contributed by atoms with van der Waals surface area (Å²) in [5.41, 5.74) is 0.470. The molecule has 2 heterocycles. The lowest BCUT2D eigenvalue weighted by molar-refractivity contribution is 0.530. The normalized spacial score (nSPS) is 9.62. The number of hydrogen-bond donors (Lipinski definition) is 0. The summed E-state index contributed by atoms with van der Waals surface area (Å²) in [6, 6.07) is 5.69. The molecule has 78 valence electrons. The quantitative estimate of drug-likeness (QED) is 0.742. The lowest BCUT2D eigenvalue weighted by atomic mass is 10.3. The van der Waals surface area contributed by atoms with Crippen molar-refractivity contribution >= 4 is 0 Å². The van der Waals surface area contributed by atoms with Gasteiger partial charge in [-0.1, -0.05) is 0 Å². The van der Waals surface area contributed by atoms with Crippen LogP contribution in [0.1, 0.15) is 11.4 Å². The monoisotopic (exact) mass is 212 g/mol. The first-order valence-electron chi connectivity index (χ1n) is 4.68. The molecule has 0 aliphatic rings. The van der Waals surface area contributed by atoms with E-state index in [1.54, 1.807) is 15.4 Å². The van der Waals surface area contributed by atoms with Gasteiger partial charge in [-0.3, -0.25) is 4.68 Å². The van der Waals surface area contributed by atoms with Gasteiger partial charge in [-0.05, 0) is 6.07 Å². The molecule has 6 heteroatoms. The first-order chi connectivity index (χ1) is 7.85. The fraction of sp³-hybridized carbons (Fsp3) is 0.200. The van der Waals surface area contributed by atoms with Gasteiger partial charge in [0.15, 0.2) is 11.4 Å². The molecule has 0 saturated heterocycles. The lowest BCUT2D eigenvalue weighted by Crippen LogP contribution is -2.08. The Labute approximate surface area is 92.0 Å². The van der Waals surface area contributed by atoms with Crippen molar-refractivity contribution < 1.29 is 0 Å². The third-order valence-corrected chi connectivity index (χ3v) is 2.18. The molecule has 2 rings (SSSR count). The summed E-state index contributed by atoms with van der Waals surface area (Å²) >= 11 is 0. The zero-order valence-corrected chi connectivity index (χ0v) is 8.41. The molecule has 2 aromatic rings. The average molecular weight is 212 g/mol. The van der Waals surface area contributed by atoms with Crippen LogP contribution < -0.4 is 0 Å². The van der Waals surface area contributed by atoms with E-state index >= 15 is 0 Å². The first kappa shape index (κ1) is 9.94. The summed E-state index contributed by atoms with van der Waals surface area (Å²) in [5, 5.41) is 21.7. The van der Waals surface area contributed by atoms with Crippen LogP contribution in [-0.2, 0) is 13.1 Å². The molecule has 0 saturated carbocycles. The van der Waals surface area contributed by atoms with Crippen LogP contribution in [0.4, 0.5) is 0 Å². The number of rotatable bonds is 3. The van der Waals surface area contributed by atoms with Gasteiger partial charge in [0.05, 0.1) is 12.9 Å². The van der Waals surface area contributed by atoms with Crippen molar-refractivity contribution in [3.8, 4) is 12.1 Å². The second-order valence-electron chi connectivity index (χ2n) is 3.13. The summed E-state index contributed by atoms with van der Waals surface area (Å²) < 4.78 is 3.41. The number of hydrogen-bond acceptors (Lipinski definition) is 4. The van der Waals surface area contributed by atoms with Crippen molar-refractivity contribution in [1.82, 2.24) is 19.3 Å². The number of nitrogens with zero attached hydrogens (tertiary/aromatic N) is 6. The van der Waals surface area contributed by atoms with Gasteiger partial charge in [-0.15, -0.1) is 0 Å². The number of aryl methyl sites for hydroxylation is 2. The van der Waals surface area contributed by atoms with Crippen LogP contribution in [0.25, 0.3) is 0 Å². The summed E-state index contributed by atoms with van der Waals surface area (Å²) in [5.74, 6) is 0. The molecule has 6 nitrogen and oxygen atoms in total. The molecular weight excluding hydrogens is 204 g/mol. The van der Waals surface area contributed by atoms with Crippen LogP contribution in [0.15, 0.2) is 24.8 Å². The van der Waals surface area contributed by atoms with E-state index in [2.05, 4.69) is 10.1 Å². The molecule has 0 unspecified atom stereocenters. The molecule has 0 spiro atoms. The zero-order chi connectivity index (χ0) is 11.4. The van der Waals surface area contributed by atoms with Gasteiger partial charge in [0.1, 0.15) is 12.1 Å². The van der Waals surface area contributed by atoms with E-state index in [1.165, 1.54) is 6.33 Å². The molecule has 0 fully saturated rings. The second-order valence-corrected chi connectivity index (χ2v) is 3.13. The lowest BCUT2D eigenvalue weighted by Gasteiger charge is -2.03. The van der Waals surface area contributed by atoms with Crippen LogP contribution >= 0.6 is 0 Å². The molecule has 2 aromatic heterocycles. The molecule has 0 aliphatic heterocycles. The van der Waals surface area contributed by atoms with E-state index in [9.17, 15) is 0 Å². The van der Waals surface area contributed by atoms with Gasteiger partial charge in [0.25, 0.3) is 0 Å². The molecule has 0 aromatic carbocycles. The number of aromatic nitrogens is 4. The van der Waals surface area contributed by atoms with Crippen molar-refractivity contribution in [2.24, 2.45) is 0 Å². The smallest absolute Gasteiger partial charge is 0.176 e. The topological polar surface area (TPSA) is 83.2 Å². The number of imidazole rings is 1. The summed E-state index contributed by atoms with van der Waals surface area (Å²) in [6.45, 7) is 1.21. The molecule has 0 radical (unpaired) electrons. The predicted octanol–water partition coefficient (Wildman–Crippen LogP) is 0.523. The standard InChI is InChI=1S/C10H8N6/c11-6-9-10(7-12)15(8-13-9)4-5-16-3-1-2-14-16/h1-3,8H,4-5H2. The van der Waals surface area contributed by atoms with Gasteiger partial charge >= 0.3 is 0 Å². The van der Waals surface area contributed by atoms with Gasteiger partial charge in [0, 0.05) is 18.9 Å². The van der Waals surface area contributed by atoms with Crippen molar-refractivity contribution in [3.05, 3.63) is 36.2 Å². The molecule has 0 aliphatic carbocycles. The molecule has 0 bridgehead atoms. The molecule has 0 N–H and O–H groups in total. The molecule has 16 heavy (non-hydrogen) atoms. The maximum absolute atomic E-state index is 8.89. The van der Waals surface area contributed by atoms with Crippen molar-refractivity contribution in [1.29, 1.82) is 10.5 Å². The largest absolute Gasteiger partial charge is 0.319 e. The van der Waals surface area contributed by atoms with E-state index in [0.29, 0.717) is 18.8 Å². The van der Waals surface area contributed by atoms with Crippen LogP contribution in [0.2, 0.25) is 0 Å². The maximum Gasteiger partial charge on any atom is 0.176 e. The van der Waals surface area contributed by atoms with Crippen LogP contribution in [0.3, 0.4) is 0 Å². The Kier molecular flexibility index (Phi) is 2.66. The number of nitriles is 2. The molecule has 0 amide bonds. The Morgan fingerprint density at radius 1 is 1.25 bits per heavy atom. The maximum atomic E-state index is 8.89. The Bertz CT molecular complexity index is 551. The second kappa shape index (κ2) is 4.28. The zero-order valence-electron chi connectivity index (χ0n) is 8.41. The fourth-order valence-corrected chi connectivity index (χ4v) is 1.39. The van der Waals surface area contributed by atoms with Gasteiger partial charge in [0.2, 0.25) is 0 Å². The van der Waals surface area contributed by atoms with Crippen molar-refractivity contribution in [2.45, 2.75) is 13.1 Å². The van der Waals surface area contributed by atoms with Crippen LogP contribution in [0, 0.1) is 22.7 Å². The average Bonchev–Trinajstić information content (AvgIpc) is 2.94. The van der Waals surface area contributed by atoms with E-state index < -0.39 is 0 Å². The predicted molar refractivity (Wildman–Crippen MR) is 53.9 cm³/mol. The van der Waals surface area contributed by atoms with E-state index in [4.69, 9.17) is 10.5 Å². The SMILES string of the molecule is N#Cc1ncn(CCn2cccn2)c1C#N. The van der Waals surface area contributed by atoms with Crippen LogP contribution in [-0.4, -0.2) is 19.3 Å². The summed E-state index contributed by atoms with van der Waals surface area (Å²) in [4.78, 5) is 3.86. The van der Waals surface area contributed by atoms with E-state index in [0.717, 1.165) is 0 Å². The minimum absolute atomic E-state index is 0.169. The highest BCUT2D eigenvalue weighted by Gasteiger charge is 2.09. The molecular formula is C10H8N6. The van der Waals surface area contributed by atoms with Gasteiger partial charge in [-0.2, -0.15) is 15.6 Å².